The number of pyridine rings is 2. The molecule has 0 atom stereocenters. The number of aromatic nitrogens is 2. The molecular formula is C11H10ClN3. The zero-order valence-corrected chi connectivity index (χ0v) is 8.99. The second-order valence-corrected chi connectivity index (χ2v) is 3.64. The van der Waals surface area contributed by atoms with Gasteiger partial charge >= 0.3 is 0 Å². The van der Waals surface area contributed by atoms with E-state index in [1.165, 1.54) is 0 Å². The average molecular weight is 220 g/mol. The van der Waals surface area contributed by atoms with Gasteiger partial charge in [0.05, 0.1) is 5.02 Å². The smallest absolute Gasteiger partial charge is 0.131 e. The molecule has 76 valence electrons. The van der Waals surface area contributed by atoms with Crippen LogP contribution >= 0.6 is 11.6 Å². The molecule has 0 saturated carbocycles. The molecule has 1 N–H and O–H groups in total. The lowest BCUT2D eigenvalue weighted by Gasteiger charge is -2.04. The summed E-state index contributed by atoms with van der Waals surface area (Å²) in [6.45, 7) is 2.02. The van der Waals surface area contributed by atoms with Crippen molar-refractivity contribution in [2.24, 2.45) is 0 Å². The predicted molar refractivity (Wildman–Crippen MR) is 61.5 cm³/mol. The summed E-state index contributed by atoms with van der Waals surface area (Å²) in [5, 5.41) is 3.71. The Kier molecular flexibility index (Phi) is 2.83. The minimum atomic E-state index is 0.623. The van der Waals surface area contributed by atoms with Gasteiger partial charge in [-0.05, 0) is 36.8 Å². The zero-order chi connectivity index (χ0) is 10.7. The molecule has 2 rings (SSSR count). The number of hydrogen-bond donors (Lipinski definition) is 1. The summed E-state index contributed by atoms with van der Waals surface area (Å²) in [5.41, 5.74) is 1.15. The highest BCUT2D eigenvalue weighted by Crippen LogP contribution is 2.14. The molecule has 15 heavy (non-hydrogen) atoms. The van der Waals surface area contributed by atoms with Crippen LogP contribution in [0.2, 0.25) is 5.02 Å². The maximum Gasteiger partial charge on any atom is 0.131 e. The van der Waals surface area contributed by atoms with Crippen LogP contribution in [0.1, 0.15) is 5.56 Å². The molecule has 0 radical (unpaired) electrons. The summed E-state index contributed by atoms with van der Waals surface area (Å²) in [6, 6.07) is 7.50. The Balaban J connectivity index is 2.18. The van der Waals surface area contributed by atoms with Crippen molar-refractivity contribution >= 4 is 23.2 Å². The van der Waals surface area contributed by atoms with Crippen molar-refractivity contribution in [3.8, 4) is 0 Å². The third-order valence-corrected chi connectivity index (χ3v) is 2.12. The number of anilines is 2. The quantitative estimate of drug-likeness (QED) is 0.843. The number of rotatable bonds is 2. The number of hydrogen-bond acceptors (Lipinski definition) is 3. The van der Waals surface area contributed by atoms with Crippen molar-refractivity contribution < 1.29 is 0 Å². The summed E-state index contributed by atoms with van der Waals surface area (Å²) >= 11 is 5.73. The van der Waals surface area contributed by atoms with Gasteiger partial charge in [0, 0.05) is 12.4 Å². The van der Waals surface area contributed by atoms with Crippen molar-refractivity contribution in [3.63, 3.8) is 0 Å². The molecule has 0 amide bonds. The Labute approximate surface area is 93.1 Å². The van der Waals surface area contributed by atoms with Crippen LogP contribution < -0.4 is 5.32 Å². The molecule has 2 aromatic rings. The maximum absolute atomic E-state index is 5.73. The monoisotopic (exact) mass is 219 g/mol. The summed E-state index contributed by atoms with van der Waals surface area (Å²) in [7, 11) is 0. The highest BCUT2D eigenvalue weighted by atomic mass is 35.5. The minimum absolute atomic E-state index is 0.623. The van der Waals surface area contributed by atoms with Gasteiger partial charge in [-0.2, -0.15) is 0 Å². The molecular weight excluding hydrogens is 210 g/mol. The Hall–Kier alpha value is -1.61. The number of aryl methyl sites for hydroxylation is 1. The van der Waals surface area contributed by atoms with Crippen LogP contribution in [-0.2, 0) is 0 Å². The van der Waals surface area contributed by atoms with Gasteiger partial charge in [0.2, 0.25) is 0 Å². The van der Waals surface area contributed by atoms with Crippen molar-refractivity contribution in [1.82, 2.24) is 9.97 Å². The van der Waals surface area contributed by atoms with E-state index in [1.54, 1.807) is 18.5 Å². The molecule has 0 aliphatic heterocycles. The number of nitrogens with zero attached hydrogens (tertiary/aromatic N) is 2. The lowest BCUT2D eigenvalue weighted by Crippen LogP contribution is -1.95. The third-order valence-electron chi connectivity index (χ3n) is 1.90. The van der Waals surface area contributed by atoms with Crippen LogP contribution in [0.4, 0.5) is 11.6 Å². The largest absolute Gasteiger partial charge is 0.325 e. The third kappa shape index (κ3) is 2.67. The van der Waals surface area contributed by atoms with E-state index in [4.69, 9.17) is 11.6 Å². The van der Waals surface area contributed by atoms with Crippen LogP contribution in [0.5, 0.6) is 0 Å². The fourth-order valence-electron chi connectivity index (χ4n) is 1.19. The second-order valence-electron chi connectivity index (χ2n) is 3.21. The second kappa shape index (κ2) is 4.28. The van der Waals surface area contributed by atoms with Gasteiger partial charge in [-0.1, -0.05) is 11.6 Å². The van der Waals surface area contributed by atoms with E-state index in [1.807, 2.05) is 25.1 Å². The summed E-state index contributed by atoms with van der Waals surface area (Å²) in [6.07, 6.45) is 3.35. The Morgan fingerprint density at radius 3 is 2.67 bits per heavy atom. The highest BCUT2D eigenvalue weighted by molar-refractivity contribution is 6.30. The first-order valence-electron chi connectivity index (χ1n) is 4.55. The highest BCUT2D eigenvalue weighted by Gasteiger charge is 1.96. The molecule has 0 fully saturated rings. The normalized spacial score (nSPS) is 10.0. The van der Waals surface area contributed by atoms with E-state index < -0.39 is 0 Å². The SMILES string of the molecule is Cc1ccnc(Nc2ccc(Cl)cn2)c1. The first-order valence-corrected chi connectivity index (χ1v) is 4.93. The zero-order valence-electron chi connectivity index (χ0n) is 8.24. The van der Waals surface area contributed by atoms with Crippen LogP contribution in [0.25, 0.3) is 0 Å². The molecule has 2 aromatic heterocycles. The molecule has 0 aliphatic carbocycles. The molecule has 0 saturated heterocycles. The lowest BCUT2D eigenvalue weighted by molar-refractivity contribution is 1.23. The molecule has 3 nitrogen and oxygen atoms in total. The summed E-state index contributed by atoms with van der Waals surface area (Å²) < 4.78 is 0. The van der Waals surface area contributed by atoms with Crippen molar-refractivity contribution in [2.45, 2.75) is 6.92 Å². The van der Waals surface area contributed by atoms with Gasteiger partial charge < -0.3 is 5.32 Å². The first kappa shape index (κ1) is 9.93. The van der Waals surface area contributed by atoms with E-state index >= 15 is 0 Å². The van der Waals surface area contributed by atoms with Gasteiger partial charge in [-0.25, -0.2) is 9.97 Å². The molecule has 0 bridgehead atoms. The standard InChI is InChI=1S/C11H10ClN3/c1-8-4-5-13-11(6-8)15-10-3-2-9(12)7-14-10/h2-7H,1H3,(H,13,14,15). The van der Waals surface area contributed by atoms with Gasteiger partial charge in [-0.3, -0.25) is 0 Å². The fourth-order valence-corrected chi connectivity index (χ4v) is 1.30. The van der Waals surface area contributed by atoms with E-state index in [9.17, 15) is 0 Å². The van der Waals surface area contributed by atoms with E-state index in [2.05, 4.69) is 15.3 Å². The minimum Gasteiger partial charge on any atom is -0.325 e. The van der Waals surface area contributed by atoms with Crippen molar-refractivity contribution in [1.29, 1.82) is 0 Å². The van der Waals surface area contributed by atoms with Crippen LogP contribution in [0.15, 0.2) is 36.7 Å². The van der Waals surface area contributed by atoms with E-state index in [-0.39, 0.29) is 0 Å². The van der Waals surface area contributed by atoms with Crippen molar-refractivity contribution in [3.05, 3.63) is 47.2 Å². The van der Waals surface area contributed by atoms with Crippen LogP contribution in [0, 0.1) is 6.92 Å². The van der Waals surface area contributed by atoms with Crippen LogP contribution in [0.3, 0.4) is 0 Å². The van der Waals surface area contributed by atoms with Crippen molar-refractivity contribution in [2.75, 3.05) is 5.32 Å². The average Bonchev–Trinajstić information content (AvgIpc) is 2.22. The van der Waals surface area contributed by atoms with Gasteiger partial charge in [0.25, 0.3) is 0 Å². The Morgan fingerprint density at radius 2 is 2.00 bits per heavy atom. The molecule has 2 heterocycles. The van der Waals surface area contributed by atoms with E-state index in [0.717, 1.165) is 17.2 Å². The molecule has 0 unspecified atom stereocenters. The first-order chi connectivity index (χ1) is 7.24. The number of nitrogens with one attached hydrogen (secondary N) is 1. The topological polar surface area (TPSA) is 37.8 Å². The maximum atomic E-state index is 5.73. The van der Waals surface area contributed by atoms with Gasteiger partial charge in [0.15, 0.2) is 0 Å². The summed E-state index contributed by atoms with van der Waals surface area (Å²) in [5.74, 6) is 1.52. The molecule has 0 aliphatic rings. The van der Waals surface area contributed by atoms with Gasteiger partial charge in [-0.15, -0.1) is 0 Å². The Bertz CT molecular complexity index is 454. The Morgan fingerprint density at radius 1 is 1.13 bits per heavy atom. The van der Waals surface area contributed by atoms with Gasteiger partial charge in [0.1, 0.15) is 11.6 Å². The predicted octanol–water partition coefficient (Wildman–Crippen LogP) is 3.18. The molecule has 0 spiro atoms. The fraction of sp³-hybridized carbons (Fsp3) is 0.0909. The number of halogens is 1. The van der Waals surface area contributed by atoms with Crippen LogP contribution in [-0.4, -0.2) is 9.97 Å². The van der Waals surface area contributed by atoms with E-state index in [0.29, 0.717) is 5.02 Å². The lowest BCUT2D eigenvalue weighted by atomic mass is 10.3. The summed E-state index contributed by atoms with van der Waals surface area (Å²) in [4.78, 5) is 8.29. The molecule has 4 heteroatoms. The molecule has 0 aromatic carbocycles.